The molecule has 0 aromatic heterocycles. The van der Waals surface area contributed by atoms with Crippen molar-refractivity contribution >= 4 is 22.6 Å². The molecule has 0 amide bonds. The van der Waals surface area contributed by atoms with Crippen molar-refractivity contribution in [2.24, 2.45) is 0 Å². The van der Waals surface area contributed by atoms with Crippen LogP contribution in [0.5, 0.6) is 5.75 Å². The van der Waals surface area contributed by atoms with Gasteiger partial charge in [0.2, 0.25) is 0 Å². The standard InChI is InChI=1S/C11H14BNO4S/c1-18(15,16)7-3-6-17-10-5-2-4-9(8-10)11(14)12-13/h2,4-5,8,13H,3,6-7H2,1H3. The topological polar surface area (TPSA) is 84.3 Å². The predicted molar refractivity (Wildman–Crippen MR) is 69.1 cm³/mol. The summed E-state index contributed by atoms with van der Waals surface area (Å²) < 4.78 is 27.1. The molecule has 0 aliphatic rings. The van der Waals surface area contributed by atoms with Crippen molar-refractivity contribution in [1.82, 2.24) is 0 Å². The van der Waals surface area contributed by atoms with Crippen LogP contribution in [0.15, 0.2) is 24.3 Å². The molecule has 1 aromatic rings. The average molecular weight is 267 g/mol. The van der Waals surface area contributed by atoms with Gasteiger partial charge in [-0.05, 0) is 0 Å². The van der Waals surface area contributed by atoms with E-state index in [0.717, 1.165) is 7.07 Å². The van der Waals surface area contributed by atoms with Gasteiger partial charge in [0.1, 0.15) is 0 Å². The number of rotatable bonds is 7. The Morgan fingerprint density at radius 2 is 2.17 bits per heavy atom. The summed E-state index contributed by atoms with van der Waals surface area (Å²) in [6.07, 6.45) is 1.58. The maximum absolute atomic E-state index is 11.2. The van der Waals surface area contributed by atoms with E-state index in [4.69, 9.17) is 10.0 Å². The zero-order chi connectivity index (χ0) is 13.6. The number of hydrogen-bond acceptors (Lipinski definition) is 5. The van der Waals surface area contributed by atoms with E-state index in [0.29, 0.717) is 17.7 Å². The summed E-state index contributed by atoms with van der Waals surface area (Å²) in [5, 5.41) is 6.87. The fraction of sp³-hybridized carbons (Fsp3) is 0.364. The third-order valence-corrected chi connectivity index (χ3v) is 3.21. The molecule has 96 valence electrons. The molecule has 5 nitrogen and oxygen atoms in total. The average Bonchev–Trinajstić information content (AvgIpc) is 2.33. The molecule has 1 rings (SSSR count). The summed E-state index contributed by atoms with van der Waals surface area (Å²) in [6.45, 7) is 0.273. The van der Waals surface area contributed by atoms with Gasteiger partial charge in [-0.1, -0.05) is 0 Å². The van der Waals surface area contributed by atoms with Gasteiger partial charge in [0.15, 0.2) is 0 Å². The summed E-state index contributed by atoms with van der Waals surface area (Å²) in [5.74, 6) is 0.572. The fourth-order valence-corrected chi connectivity index (χ4v) is 1.98. The number of hydrogen-bond donors (Lipinski definition) is 1. The summed E-state index contributed by atoms with van der Waals surface area (Å²) in [7, 11) is -2.23. The number of ether oxygens (including phenoxy) is 1. The first-order chi connectivity index (χ1) is 8.42. The third-order valence-electron chi connectivity index (χ3n) is 2.18. The second-order valence-electron chi connectivity index (χ2n) is 3.87. The third kappa shape index (κ3) is 5.22. The van der Waals surface area contributed by atoms with Crippen LogP contribution in [0.25, 0.3) is 0 Å². The summed E-state index contributed by atoms with van der Waals surface area (Å²) >= 11 is 0. The van der Waals surface area contributed by atoms with Crippen molar-refractivity contribution in [3.63, 3.8) is 0 Å². The fourth-order valence-electron chi connectivity index (χ4n) is 1.33. The van der Waals surface area contributed by atoms with Gasteiger partial charge in [-0.2, -0.15) is 0 Å². The van der Waals surface area contributed by atoms with Gasteiger partial charge in [0.25, 0.3) is 0 Å². The quantitative estimate of drug-likeness (QED) is 0.592. The van der Waals surface area contributed by atoms with Crippen LogP contribution in [-0.2, 0) is 9.84 Å². The van der Waals surface area contributed by atoms with E-state index in [1.54, 1.807) is 18.2 Å². The van der Waals surface area contributed by atoms with Crippen LogP contribution in [-0.4, -0.2) is 39.8 Å². The van der Waals surface area contributed by atoms with Crippen molar-refractivity contribution in [3.05, 3.63) is 29.8 Å². The maximum atomic E-state index is 11.2. The molecule has 0 saturated heterocycles. The Hall–Kier alpha value is -1.50. The molecule has 0 heterocycles. The minimum absolute atomic E-state index is 0.0755. The van der Waals surface area contributed by atoms with Gasteiger partial charge in [-0.15, -0.1) is 0 Å². The Morgan fingerprint density at radius 1 is 1.44 bits per heavy atom. The van der Waals surface area contributed by atoms with Crippen molar-refractivity contribution in [3.8, 4) is 5.75 Å². The van der Waals surface area contributed by atoms with E-state index >= 15 is 0 Å². The SMILES string of the molecule is CS(=O)(=O)CCCOc1cccc(C(=O)B=N)c1. The molecule has 0 fully saturated rings. The van der Waals surface area contributed by atoms with Gasteiger partial charge >= 0.3 is 106 Å². The molecule has 7 heteroatoms. The molecule has 0 saturated carbocycles. The van der Waals surface area contributed by atoms with Gasteiger partial charge < -0.3 is 0 Å². The number of sulfone groups is 1. The molecule has 0 bridgehead atoms. The van der Waals surface area contributed by atoms with Gasteiger partial charge in [-0.25, -0.2) is 0 Å². The normalized spacial score (nSPS) is 10.7. The molecule has 0 unspecified atom stereocenters. The van der Waals surface area contributed by atoms with E-state index in [1.807, 2.05) is 0 Å². The van der Waals surface area contributed by atoms with E-state index in [1.165, 1.54) is 12.3 Å². The Balaban J connectivity index is 2.53. The van der Waals surface area contributed by atoms with Crippen LogP contribution in [0.2, 0.25) is 0 Å². The summed E-state index contributed by atoms with van der Waals surface area (Å²) in [6, 6.07) is 6.47. The minimum atomic E-state index is -2.97. The second-order valence-corrected chi connectivity index (χ2v) is 6.13. The van der Waals surface area contributed by atoms with E-state index in [9.17, 15) is 13.2 Å². The zero-order valence-electron chi connectivity index (χ0n) is 10.0. The van der Waals surface area contributed by atoms with Crippen LogP contribution < -0.4 is 4.74 Å². The molecule has 1 N–H and O–H groups in total. The van der Waals surface area contributed by atoms with Crippen molar-refractivity contribution in [2.75, 3.05) is 18.6 Å². The molecule has 0 aliphatic heterocycles. The van der Waals surface area contributed by atoms with Gasteiger partial charge in [0.05, 0.1) is 0 Å². The Morgan fingerprint density at radius 3 is 2.78 bits per heavy atom. The van der Waals surface area contributed by atoms with Crippen LogP contribution in [0.4, 0.5) is 0 Å². The number of carbonyl (C=O) groups excluding carboxylic acids is 1. The molecule has 1 aromatic carbocycles. The summed E-state index contributed by atoms with van der Waals surface area (Å²) in [5.41, 5.74) is -0.0119. The van der Waals surface area contributed by atoms with E-state index < -0.39 is 15.5 Å². The number of benzene rings is 1. The first kappa shape index (κ1) is 14.6. The molecule has 0 atom stereocenters. The molecule has 18 heavy (non-hydrogen) atoms. The molecule has 0 spiro atoms. The summed E-state index contributed by atoms with van der Waals surface area (Å²) in [4.78, 5) is 11.2. The van der Waals surface area contributed by atoms with E-state index in [-0.39, 0.29) is 12.4 Å². The second kappa shape index (κ2) is 6.44. The van der Waals surface area contributed by atoms with Crippen LogP contribution in [0, 0.1) is 5.31 Å². The Bertz CT molecular complexity index is 542. The Labute approximate surface area is 107 Å². The molecule has 0 aliphatic carbocycles. The predicted octanol–water partition coefficient (Wildman–Crippen LogP) is 1.11. The van der Waals surface area contributed by atoms with Crippen molar-refractivity contribution < 1.29 is 17.9 Å². The number of nitrogens with one attached hydrogen (secondary N) is 1. The Kier molecular flexibility index (Phi) is 5.21. The monoisotopic (exact) mass is 267 g/mol. The molecule has 0 radical (unpaired) electrons. The van der Waals surface area contributed by atoms with Crippen LogP contribution in [0.1, 0.15) is 16.8 Å². The first-order valence-corrected chi connectivity index (χ1v) is 7.44. The van der Waals surface area contributed by atoms with Gasteiger partial charge in [-0.3, -0.25) is 0 Å². The first-order valence-electron chi connectivity index (χ1n) is 5.38. The number of carbonyl (C=O) groups is 1. The zero-order valence-corrected chi connectivity index (χ0v) is 10.9. The van der Waals surface area contributed by atoms with E-state index in [2.05, 4.69) is 0 Å². The van der Waals surface area contributed by atoms with Crippen LogP contribution in [0.3, 0.4) is 0 Å². The van der Waals surface area contributed by atoms with Crippen LogP contribution >= 0.6 is 0 Å². The van der Waals surface area contributed by atoms with Crippen molar-refractivity contribution in [1.29, 1.82) is 5.31 Å². The molecular formula is C11H14BNO4S. The van der Waals surface area contributed by atoms with Crippen molar-refractivity contribution in [2.45, 2.75) is 6.42 Å². The molecular weight excluding hydrogens is 253 g/mol. The van der Waals surface area contributed by atoms with Gasteiger partial charge in [0, 0.05) is 0 Å².